The molecule has 1 atom stereocenters. The van der Waals surface area contributed by atoms with Crippen molar-refractivity contribution in [1.29, 1.82) is 0 Å². The molecule has 1 fully saturated rings. The number of hydrogen-bond acceptors (Lipinski definition) is 1. The summed E-state index contributed by atoms with van der Waals surface area (Å²) in [4.78, 5) is 0. The summed E-state index contributed by atoms with van der Waals surface area (Å²) in [5.41, 5.74) is 4.79. The number of benzene rings is 1. The SMILES string of the molecule is CC1(C)CC1(N)c1ccc(C(F)(F)C(F)(F)F)cc1. The van der Waals surface area contributed by atoms with Gasteiger partial charge in [-0.25, -0.2) is 0 Å². The first kappa shape index (κ1) is 14.2. The van der Waals surface area contributed by atoms with Gasteiger partial charge < -0.3 is 5.73 Å². The Morgan fingerprint density at radius 1 is 1.00 bits per heavy atom. The average Bonchev–Trinajstić information content (AvgIpc) is 2.78. The van der Waals surface area contributed by atoms with E-state index in [1.54, 1.807) is 0 Å². The number of hydrogen-bond donors (Lipinski definition) is 1. The molecule has 2 N–H and O–H groups in total. The van der Waals surface area contributed by atoms with Crippen LogP contribution in [0.2, 0.25) is 0 Å². The summed E-state index contributed by atoms with van der Waals surface area (Å²) in [6, 6.07) is 4.10. The van der Waals surface area contributed by atoms with E-state index in [0.29, 0.717) is 12.0 Å². The van der Waals surface area contributed by atoms with E-state index in [1.165, 1.54) is 12.1 Å². The fourth-order valence-electron chi connectivity index (χ4n) is 2.29. The molecule has 19 heavy (non-hydrogen) atoms. The molecule has 1 aromatic rings. The van der Waals surface area contributed by atoms with E-state index in [1.807, 2.05) is 13.8 Å². The molecule has 0 saturated heterocycles. The Hall–Kier alpha value is -1.17. The molecule has 1 aliphatic carbocycles. The van der Waals surface area contributed by atoms with Gasteiger partial charge in [-0.15, -0.1) is 0 Å². The molecule has 1 aliphatic rings. The molecule has 0 heterocycles. The maximum atomic E-state index is 13.1. The molecule has 1 nitrogen and oxygen atoms in total. The van der Waals surface area contributed by atoms with Crippen LogP contribution in [0.4, 0.5) is 22.0 Å². The van der Waals surface area contributed by atoms with Crippen LogP contribution in [0.5, 0.6) is 0 Å². The summed E-state index contributed by atoms with van der Waals surface area (Å²) in [5, 5.41) is 0. The van der Waals surface area contributed by atoms with Crippen LogP contribution < -0.4 is 5.73 Å². The summed E-state index contributed by atoms with van der Waals surface area (Å²) in [6.07, 6.45) is -4.91. The lowest BCUT2D eigenvalue weighted by molar-refractivity contribution is -0.289. The third-order valence-electron chi connectivity index (χ3n) is 3.92. The van der Waals surface area contributed by atoms with Crippen molar-refractivity contribution in [2.24, 2.45) is 11.1 Å². The number of halogens is 5. The molecule has 1 unspecified atom stereocenters. The fraction of sp³-hybridized carbons (Fsp3) is 0.538. The Morgan fingerprint density at radius 3 is 1.74 bits per heavy atom. The normalized spacial score (nSPS) is 26.3. The van der Waals surface area contributed by atoms with E-state index in [2.05, 4.69) is 0 Å². The highest BCUT2D eigenvalue weighted by Crippen LogP contribution is 2.60. The van der Waals surface area contributed by atoms with Gasteiger partial charge >= 0.3 is 12.1 Å². The summed E-state index contributed by atoms with van der Waals surface area (Å²) in [6.45, 7) is 3.84. The Labute approximate surface area is 107 Å². The maximum Gasteiger partial charge on any atom is 0.458 e. The van der Waals surface area contributed by atoms with Crippen LogP contribution >= 0.6 is 0 Å². The van der Waals surface area contributed by atoms with Crippen LogP contribution in [0, 0.1) is 5.41 Å². The molecule has 0 bridgehead atoms. The Balaban J connectivity index is 2.31. The Morgan fingerprint density at radius 2 is 1.42 bits per heavy atom. The van der Waals surface area contributed by atoms with Crippen molar-refractivity contribution in [2.45, 2.75) is 37.9 Å². The lowest BCUT2D eigenvalue weighted by Crippen LogP contribution is -2.33. The molecule has 0 amide bonds. The van der Waals surface area contributed by atoms with Gasteiger partial charge in [0.05, 0.1) is 0 Å². The summed E-state index contributed by atoms with van der Waals surface area (Å²) in [7, 11) is 0. The van der Waals surface area contributed by atoms with Gasteiger partial charge in [-0.3, -0.25) is 0 Å². The van der Waals surface area contributed by atoms with Gasteiger partial charge in [-0.2, -0.15) is 22.0 Å². The summed E-state index contributed by atoms with van der Waals surface area (Å²) >= 11 is 0. The molecule has 106 valence electrons. The van der Waals surface area contributed by atoms with Crippen molar-refractivity contribution >= 4 is 0 Å². The highest BCUT2D eigenvalue weighted by molar-refractivity contribution is 5.38. The van der Waals surface area contributed by atoms with Crippen molar-refractivity contribution in [3.8, 4) is 0 Å². The van der Waals surface area contributed by atoms with Crippen LogP contribution in [0.1, 0.15) is 31.4 Å². The molecule has 0 aromatic heterocycles. The quantitative estimate of drug-likeness (QED) is 0.816. The molecule has 0 spiro atoms. The van der Waals surface area contributed by atoms with Crippen molar-refractivity contribution < 1.29 is 22.0 Å². The second kappa shape index (κ2) is 3.69. The van der Waals surface area contributed by atoms with Crippen LogP contribution in [0.3, 0.4) is 0 Å². The molecule has 0 radical (unpaired) electrons. The number of rotatable bonds is 2. The monoisotopic (exact) mass is 279 g/mol. The fourth-order valence-corrected chi connectivity index (χ4v) is 2.29. The molecular weight excluding hydrogens is 265 g/mol. The van der Waals surface area contributed by atoms with Gasteiger partial charge in [0.25, 0.3) is 0 Å². The molecule has 1 aromatic carbocycles. The van der Waals surface area contributed by atoms with E-state index < -0.39 is 23.2 Å². The zero-order valence-electron chi connectivity index (χ0n) is 10.5. The zero-order valence-corrected chi connectivity index (χ0v) is 10.5. The van der Waals surface area contributed by atoms with Gasteiger partial charge in [0, 0.05) is 11.1 Å². The van der Waals surface area contributed by atoms with E-state index in [9.17, 15) is 22.0 Å². The first-order valence-corrected chi connectivity index (χ1v) is 5.76. The minimum atomic E-state index is -5.59. The zero-order chi connectivity index (χ0) is 14.7. The van der Waals surface area contributed by atoms with Crippen molar-refractivity contribution in [3.63, 3.8) is 0 Å². The van der Waals surface area contributed by atoms with Gasteiger partial charge in [-0.05, 0) is 17.4 Å². The van der Waals surface area contributed by atoms with E-state index >= 15 is 0 Å². The van der Waals surface area contributed by atoms with E-state index in [4.69, 9.17) is 5.73 Å². The van der Waals surface area contributed by atoms with Gasteiger partial charge in [-0.1, -0.05) is 38.1 Å². The van der Waals surface area contributed by atoms with Crippen molar-refractivity contribution in [2.75, 3.05) is 0 Å². The van der Waals surface area contributed by atoms with E-state index in [-0.39, 0.29) is 5.41 Å². The van der Waals surface area contributed by atoms with Gasteiger partial charge in [0.1, 0.15) is 0 Å². The number of nitrogens with two attached hydrogens (primary N) is 1. The minimum Gasteiger partial charge on any atom is -0.321 e. The highest BCUT2D eigenvalue weighted by atomic mass is 19.4. The third kappa shape index (κ3) is 2.02. The molecule has 0 aliphatic heterocycles. The second-order valence-corrected chi connectivity index (χ2v) is 5.68. The lowest BCUT2D eigenvalue weighted by Gasteiger charge is -2.21. The van der Waals surface area contributed by atoms with E-state index in [0.717, 1.165) is 12.1 Å². The average molecular weight is 279 g/mol. The second-order valence-electron chi connectivity index (χ2n) is 5.68. The predicted octanol–water partition coefficient (Wildman–Crippen LogP) is 3.92. The topological polar surface area (TPSA) is 26.0 Å². The Kier molecular flexibility index (Phi) is 2.76. The third-order valence-corrected chi connectivity index (χ3v) is 3.92. The van der Waals surface area contributed by atoms with Crippen LogP contribution in [0.25, 0.3) is 0 Å². The predicted molar refractivity (Wildman–Crippen MR) is 60.7 cm³/mol. The highest BCUT2D eigenvalue weighted by Gasteiger charge is 2.60. The minimum absolute atomic E-state index is 0.166. The summed E-state index contributed by atoms with van der Waals surface area (Å²) in [5.74, 6) is -4.84. The standard InChI is InChI=1S/C13H14F5N/c1-10(2)7-11(10,19)8-3-5-9(6-4-8)12(14,15)13(16,17)18/h3-6H,7,19H2,1-2H3. The lowest BCUT2D eigenvalue weighted by atomic mass is 9.95. The van der Waals surface area contributed by atoms with Crippen molar-refractivity contribution in [1.82, 2.24) is 0 Å². The van der Waals surface area contributed by atoms with Crippen LogP contribution in [-0.2, 0) is 11.5 Å². The Bertz CT molecular complexity index is 489. The van der Waals surface area contributed by atoms with Crippen LogP contribution in [0.15, 0.2) is 24.3 Å². The first-order valence-electron chi connectivity index (χ1n) is 5.76. The smallest absolute Gasteiger partial charge is 0.321 e. The van der Waals surface area contributed by atoms with Crippen LogP contribution in [-0.4, -0.2) is 6.18 Å². The van der Waals surface area contributed by atoms with Crippen molar-refractivity contribution in [3.05, 3.63) is 35.4 Å². The van der Waals surface area contributed by atoms with Gasteiger partial charge in [0.15, 0.2) is 0 Å². The van der Waals surface area contributed by atoms with Gasteiger partial charge in [0.2, 0.25) is 0 Å². The molecule has 6 heteroatoms. The molecule has 1 saturated carbocycles. The molecular formula is C13H14F5N. The number of alkyl halides is 5. The first-order chi connectivity index (χ1) is 8.42. The maximum absolute atomic E-state index is 13.1. The largest absolute Gasteiger partial charge is 0.458 e. The molecule has 2 rings (SSSR count). The summed E-state index contributed by atoms with van der Waals surface area (Å²) < 4.78 is 62.8.